The van der Waals surface area contributed by atoms with Crippen molar-refractivity contribution >= 4 is 41.3 Å². The Balaban J connectivity index is 0.00000364. The summed E-state index contributed by atoms with van der Waals surface area (Å²) in [6.07, 6.45) is -3.10. The Bertz CT molecular complexity index is 739. The average molecular weight is 512 g/mol. The SMILES string of the molecule is CN=C(NCCc1cc(C)cc(C)c1)NCCc1nc(C(F)(F)F)cs1.I. The Morgan fingerprint density at radius 2 is 1.67 bits per heavy atom. The quantitative estimate of drug-likeness (QED) is 0.344. The predicted octanol–water partition coefficient (Wildman–Crippen LogP) is 4.35. The highest BCUT2D eigenvalue weighted by Crippen LogP contribution is 2.29. The van der Waals surface area contributed by atoms with E-state index >= 15 is 0 Å². The van der Waals surface area contributed by atoms with Crippen LogP contribution in [0.5, 0.6) is 0 Å². The molecule has 2 rings (SSSR count). The van der Waals surface area contributed by atoms with Gasteiger partial charge in [-0.1, -0.05) is 29.3 Å². The van der Waals surface area contributed by atoms with Gasteiger partial charge >= 0.3 is 6.18 Å². The van der Waals surface area contributed by atoms with E-state index in [1.54, 1.807) is 7.05 Å². The van der Waals surface area contributed by atoms with Crippen LogP contribution in [0.4, 0.5) is 13.2 Å². The summed E-state index contributed by atoms with van der Waals surface area (Å²) in [7, 11) is 1.66. The molecule has 27 heavy (non-hydrogen) atoms. The van der Waals surface area contributed by atoms with Gasteiger partial charge in [-0.15, -0.1) is 35.3 Å². The first-order chi connectivity index (χ1) is 12.3. The molecule has 0 radical (unpaired) electrons. The predicted molar refractivity (Wildman–Crippen MR) is 115 cm³/mol. The van der Waals surface area contributed by atoms with Crippen LogP contribution in [0.1, 0.15) is 27.4 Å². The molecule has 0 saturated heterocycles. The number of rotatable bonds is 6. The highest BCUT2D eigenvalue weighted by atomic mass is 127. The van der Waals surface area contributed by atoms with E-state index in [-0.39, 0.29) is 24.0 Å². The largest absolute Gasteiger partial charge is 0.434 e. The fourth-order valence-corrected chi connectivity index (χ4v) is 3.41. The number of nitrogens with one attached hydrogen (secondary N) is 2. The van der Waals surface area contributed by atoms with E-state index in [1.165, 1.54) is 16.7 Å². The highest BCUT2D eigenvalue weighted by molar-refractivity contribution is 14.0. The lowest BCUT2D eigenvalue weighted by Crippen LogP contribution is -2.39. The number of benzene rings is 1. The number of nitrogens with zero attached hydrogens (tertiary/aromatic N) is 2. The maximum absolute atomic E-state index is 12.5. The lowest BCUT2D eigenvalue weighted by atomic mass is 10.1. The summed E-state index contributed by atoms with van der Waals surface area (Å²) in [5, 5.41) is 7.82. The molecule has 150 valence electrons. The number of aryl methyl sites for hydroxylation is 2. The van der Waals surface area contributed by atoms with Gasteiger partial charge in [0.1, 0.15) is 0 Å². The lowest BCUT2D eigenvalue weighted by Gasteiger charge is -2.12. The molecule has 0 aliphatic heterocycles. The van der Waals surface area contributed by atoms with E-state index in [2.05, 4.69) is 52.7 Å². The lowest BCUT2D eigenvalue weighted by molar-refractivity contribution is -0.140. The zero-order chi connectivity index (χ0) is 19.2. The molecule has 0 saturated carbocycles. The zero-order valence-electron chi connectivity index (χ0n) is 15.5. The molecule has 0 amide bonds. The Labute approximate surface area is 178 Å². The molecule has 1 aromatic carbocycles. The van der Waals surface area contributed by atoms with E-state index in [0.29, 0.717) is 23.9 Å². The molecule has 9 heteroatoms. The summed E-state index contributed by atoms with van der Waals surface area (Å²) in [5.41, 5.74) is 2.91. The molecule has 2 N–H and O–H groups in total. The number of alkyl halides is 3. The normalized spacial score (nSPS) is 11.9. The molecule has 0 bridgehead atoms. The smallest absolute Gasteiger partial charge is 0.356 e. The van der Waals surface area contributed by atoms with E-state index < -0.39 is 11.9 Å². The highest BCUT2D eigenvalue weighted by Gasteiger charge is 2.33. The van der Waals surface area contributed by atoms with Gasteiger partial charge in [0.2, 0.25) is 0 Å². The molecule has 0 aliphatic carbocycles. The van der Waals surface area contributed by atoms with E-state index in [4.69, 9.17) is 0 Å². The van der Waals surface area contributed by atoms with Crippen molar-refractivity contribution in [2.75, 3.05) is 20.1 Å². The summed E-state index contributed by atoms with van der Waals surface area (Å²) in [4.78, 5) is 7.74. The monoisotopic (exact) mass is 512 g/mol. The van der Waals surface area contributed by atoms with E-state index in [1.807, 2.05) is 0 Å². The van der Waals surface area contributed by atoms with Crippen LogP contribution in [0.3, 0.4) is 0 Å². The molecule has 4 nitrogen and oxygen atoms in total. The van der Waals surface area contributed by atoms with Gasteiger partial charge in [-0.3, -0.25) is 4.99 Å². The Morgan fingerprint density at radius 1 is 1.07 bits per heavy atom. The minimum absolute atomic E-state index is 0. The molecular weight excluding hydrogens is 488 g/mol. The molecule has 1 heterocycles. The van der Waals surface area contributed by atoms with Crippen molar-refractivity contribution in [2.45, 2.75) is 32.9 Å². The first-order valence-corrected chi connectivity index (χ1v) is 9.19. The molecule has 0 aliphatic rings. The van der Waals surface area contributed by atoms with Gasteiger partial charge in [-0.25, -0.2) is 4.98 Å². The van der Waals surface area contributed by atoms with Crippen LogP contribution in [-0.4, -0.2) is 31.1 Å². The fourth-order valence-electron chi connectivity index (χ4n) is 2.60. The minimum Gasteiger partial charge on any atom is -0.356 e. The van der Waals surface area contributed by atoms with Crippen LogP contribution in [-0.2, 0) is 19.0 Å². The van der Waals surface area contributed by atoms with Gasteiger partial charge in [0.25, 0.3) is 0 Å². The van der Waals surface area contributed by atoms with Crippen molar-refractivity contribution in [3.8, 4) is 0 Å². The zero-order valence-corrected chi connectivity index (χ0v) is 18.6. The second kappa shape index (κ2) is 10.8. The van der Waals surface area contributed by atoms with Gasteiger partial charge in [0.15, 0.2) is 11.7 Å². The van der Waals surface area contributed by atoms with Crippen molar-refractivity contribution in [3.05, 3.63) is 51.0 Å². The van der Waals surface area contributed by atoms with Crippen molar-refractivity contribution < 1.29 is 13.2 Å². The molecule has 0 unspecified atom stereocenters. The van der Waals surface area contributed by atoms with E-state index in [0.717, 1.165) is 29.7 Å². The number of thiazole rings is 1. The second-order valence-electron chi connectivity index (χ2n) is 6.05. The Hall–Kier alpha value is -1.36. The summed E-state index contributed by atoms with van der Waals surface area (Å²) >= 11 is 1.02. The minimum atomic E-state index is -4.38. The number of hydrogen-bond donors (Lipinski definition) is 2. The maximum Gasteiger partial charge on any atom is 0.434 e. The molecule has 0 spiro atoms. The van der Waals surface area contributed by atoms with Crippen LogP contribution in [0.15, 0.2) is 28.6 Å². The summed E-state index contributed by atoms with van der Waals surface area (Å²) < 4.78 is 37.6. The number of halogens is 4. The van der Waals surface area contributed by atoms with Crippen LogP contribution < -0.4 is 10.6 Å². The van der Waals surface area contributed by atoms with Crippen LogP contribution in [0.2, 0.25) is 0 Å². The average Bonchev–Trinajstić information content (AvgIpc) is 3.01. The Kier molecular flexibility index (Phi) is 9.51. The first-order valence-electron chi connectivity index (χ1n) is 8.31. The summed E-state index contributed by atoms with van der Waals surface area (Å²) in [6.45, 7) is 5.34. The molecular formula is C18H24F3IN4S. The number of hydrogen-bond acceptors (Lipinski definition) is 3. The van der Waals surface area contributed by atoms with Gasteiger partial charge in [0, 0.05) is 31.9 Å². The third-order valence-electron chi connectivity index (χ3n) is 3.68. The summed E-state index contributed by atoms with van der Waals surface area (Å²) in [5.74, 6) is 0.627. The number of aliphatic imine (C=N–C) groups is 1. The van der Waals surface area contributed by atoms with Crippen LogP contribution in [0, 0.1) is 13.8 Å². The molecule has 0 atom stereocenters. The number of aromatic nitrogens is 1. The van der Waals surface area contributed by atoms with E-state index in [9.17, 15) is 13.2 Å². The van der Waals surface area contributed by atoms with Crippen molar-refractivity contribution in [2.24, 2.45) is 4.99 Å². The third kappa shape index (κ3) is 8.04. The molecule has 2 aromatic rings. The number of guanidine groups is 1. The van der Waals surface area contributed by atoms with Crippen molar-refractivity contribution in [3.63, 3.8) is 0 Å². The second-order valence-corrected chi connectivity index (χ2v) is 6.99. The van der Waals surface area contributed by atoms with Gasteiger partial charge in [0.05, 0.1) is 5.01 Å². The van der Waals surface area contributed by atoms with Gasteiger partial charge < -0.3 is 10.6 Å². The van der Waals surface area contributed by atoms with Gasteiger partial charge in [-0.05, 0) is 25.8 Å². The summed E-state index contributed by atoms with van der Waals surface area (Å²) in [6, 6.07) is 6.46. The Morgan fingerprint density at radius 3 is 2.19 bits per heavy atom. The third-order valence-corrected chi connectivity index (χ3v) is 4.59. The topological polar surface area (TPSA) is 49.3 Å². The fraction of sp³-hybridized carbons (Fsp3) is 0.444. The van der Waals surface area contributed by atoms with Crippen LogP contribution >= 0.6 is 35.3 Å². The molecule has 1 aromatic heterocycles. The molecule has 0 fully saturated rings. The van der Waals surface area contributed by atoms with Crippen molar-refractivity contribution in [1.82, 2.24) is 15.6 Å². The van der Waals surface area contributed by atoms with Gasteiger partial charge in [-0.2, -0.15) is 13.2 Å². The standard InChI is InChI=1S/C18H23F3N4S.HI/c1-12-8-13(2)10-14(9-12)4-6-23-17(22-3)24-7-5-16-25-15(11-26-16)18(19,20)21;/h8-11H,4-7H2,1-3H3,(H2,22,23,24);1H. The maximum atomic E-state index is 12.5. The van der Waals surface area contributed by atoms with Crippen molar-refractivity contribution in [1.29, 1.82) is 0 Å². The first kappa shape index (κ1) is 23.7. The van der Waals surface area contributed by atoms with Crippen LogP contribution in [0.25, 0.3) is 0 Å².